The molecular formula is C20H14BrF3N4. The smallest absolute Gasteiger partial charge is 0.258 e. The summed E-state index contributed by atoms with van der Waals surface area (Å²) in [5.41, 5.74) is 2.90. The summed E-state index contributed by atoms with van der Waals surface area (Å²) in [5, 5.41) is 3.98. The second-order valence-corrected chi connectivity index (χ2v) is 7.38. The number of hydrogen-bond donors (Lipinski definition) is 0. The summed E-state index contributed by atoms with van der Waals surface area (Å²) in [6.45, 7) is 3.67. The van der Waals surface area contributed by atoms with Gasteiger partial charge in [-0.05, 0) is 49.7 Å². The molecule has 0 radical (unpaired) electrons. The molecule has 4 nitrogen and oxygen atoms in total. The topological polar surface area (TPSA) is 43.1 Å². The summed E-state index contributed by atoms with van der Waals surface area (Å²) in [6, 6.07) is 11.6. The number of alkyl halides is 3. The molecule has 4 aromatic rings. The van der Waals surface area contributed by atoms with Gasteiger partial charge in [0.25, 0.3) is 0 Å². The first-order valence-electron chi connectivity index (χ1n) is 8.40. The van der Waals surface area contributed by atoms with Crippen LogP contribution in [0.2, 0.25) is 0 Å². The van der Waals surface area contributed by atoms with Gasteiger partial charge in [0.1, 0.15) is 0 Å². The summed E-state index contributed by atoms with van der Waals surface area (Å²) >= 11 is 3.33. The Labute approximate surface area is 167 Å². The fourth-order valence-electron chi connectivity index (χ4n) is 3.13. The van der Waals surface area contributed by atoms with Crippen LogP contribution in [-0.4, -0.2) is 19.6 Å². The van der Waals surface area contributed by atoms with Crippen molar-refractivity contribution in [1.29, 1.82) is 0 Å². The Morgan fingerprint density at radius 1 is 0.893 bits per heavy atom. The molecule has 3 aromatic heterocycles. The predicted molar refractivity (Wildman–Crippen MR) is 104 cm³/mol. The quantitative estimate of drug-likeness (QED) is 0.387. The highest BCUT2D eigenvalue weighted by atomic mass is 79.9. The average molecular weight is 447 g/mol. The third-order valence-electron chi connectivity index (χ3n) is 4.29. The molecule has 0 unspecified atom stereocenters. The zero-order chi connectivity index (χ0) is 20.1. The molecule has 0 aliphatic heterocycles. The van der Waals surface area contributed by atoms with E-state index in [4.69, 9.17) is 0 Å². The van der Waals surface area contributed by atoms with Crippen LogP contribution in [0.25, 0.3) is 28.0 Å². The zero-order valence-corrected chi connectivity index (χ0v) is 16.5. The number of hydrogen-bond acceptors (Lipinski definition) is 3. The lowest BCUT2D eigenvalue weighted by Crippen LogP contribution is -2.13. The number of aromatic nitrogens is 4. The van der Waals surface area contributed by atoms with E-state index in [-0.39, 0.29) is 11.3 Å². The maximum Gasteiger partial charge on any atom is 0.433 e. The molecule has 3 heterocycles. The third-order valence-corrected chi connectivity index (χ3v) is 4.82. The summed E-state index contributed by atoms with van der Waals surface area (Å²) in [6.07, 6.45) is -3.16. The first kappa shape index (κ1) is 18.6. The van der Waals surface area contributed by atoms with E-state index in [0.717, 1.165) is 32.0 Å². The van der Waals surface area contributed by atoms with Gasteiger partial charge in [0.05, 0.1) is 11.9 Å². The van der Waals surface area contributed by atoms with E-state index in [1.165, 1.54) is 6.20 Å². The highest BCUT2D eigenvalue weighted by Crippen LogP contribution is 2.35. The Balaban J connectivity index is 2.01. The fraction of sp³-hybridized carbons (Fsp3) is 0.150. The van der Waals surface area contributed by atoms with Crippen molar-refractivity contribution in [1.82, 2.24) is 19.6 Å². The lowest BCUT2D eigenvalue weighted by molar-refractivity contribution is -0.142. The maximum atomic E-state index is 13.7. The molecule has 0 N–H and O–H groups in total. The van der Waals surface area contributed by atoms with E-state index in [0.29, 0.717) is 11.1 Å². The van der Waals surface area contributed by atoms with Crippen molar-refractivity contribution in [3.8, 4) is 22.4 Å². The second kappa shape index (κ2) is 6.70. The minimum absolute atomic E-state index is 0.151. The standard InChI is InChI=1S/C20H14BrF3N4/c1-11-7-14(8-12(2)26-11)16-10-25-28-18(20(22,23)24)9-17(27-19(16)28)13-3-5-15(21)6-4-13/h3-10H,1-2H3. The molecule has 0 aliphatic carbocycles. The average Bonchev–Trinajstić information content (AvgIpc) is 3.03. The zero-order valence-electron chi connectivity index (χ0n) is 14.9. The summed E-state index contributed by atoms with van der Waals surface area (Å²) in [7, 11) is 0. The number of rotatable bonds is 2. The molecule has 0 saturated heterocycles. The Morgan fingerprint density at radius 3 is 2.14 bits per heavy atom. The molecule has 1 aromatic carbocycles. The molecule has 0 spiro atoms. The van der Waals surface area contributed by atoms with Gasteiger partial charge >= 0.3 is 6.18 Å². The van der Waals surface area contributed by atoms with Gasteiger partial charge in [-0.15, -0.1) is 0 Å². The fourth-order valence-corrected chi connectivity index (χ4v) is 3.39. The lowest BCUT2D eigenvalue weighted by Gasteiger charge is -2.12. The van der Waals surface area contributed by atoms with Crippen molar-refractivity contribution < 1.29 is 13.2 Å². The van der Waals surface area contributed by atoms with E-state index in [2.05, 4.69) is 31.0 Å². The van der Waals surface area contributed by atoms with E-state index in [1.54, 1.807) is 24.3 Å². The first-order chi connectivity index (χ1) is 13.2. The maximum absolute atomic E-state index is 13.7. The van der Waals surface area contributed by atoms with Gasteiger partial charge in [0.2, 0.25) is 0 Å². The second-order valence-electron chi connectivity index (χ2n) is 6.46. The highest BCUT2D eigenvalue weighted by molar-refractivity contribution is 9.10. The summed E-state index contributed by atoms with van der Waals surface area (Å²) in [4.78, 5) is 8.83. The van der Waals surface area contributed by atoms with Crippen molar-refractivity contribution >= 4 is 21.6 Å². The number of halogens is 4. The highest BCUT2D eigenvalue weighted by Gasteiger charge is 2.35. The predicted octanol–water partition coefficient (Wildman–Crippen LogP) is 5.86. The Bertz CT molecular complexity index is 1160. The molecule has 142 valence electrons. The minimum Gasteiger partial charge on any atom is -0.258 e. The van der Waals surface area contributed by atoms with Crippen molar-refractivity contribution in [3.05, 3.63) is 70.2 Å². The van der Waals surface area contributed by atoms with Crippen LogP contribution < -0.4 is 0 Å². The van der Waals surface area contributed by atoms with Gasteiger partial charge in [0, 0.05) is 27.0 Å². The van der Waals surface area contributed by atoms with Gasteiger partial charge in [0.15, 0.2) is 11.3 Å². The minimum atomic E-state index is -4.57. The van der Waals surface area contributed by atoms with E-state index >= 15 is 0 Å². The molecule has 4 rings (SSSR count). The largest absolute Gasteiger partial charge is 0.433 e. The Kier molecular flexibility index (Phi) is 4.45. The Hall–Kier alpha value is -2.74. The SMILES string of the molecule is Cc1cc(-c2cnn3c(C(F)(F)F)cc(-c4ccc(Br)cc4)nc23)cc(C)n1. The van der Waals surface area contributed by atoms with Crippen LogP contribution in [0.4, 0.5) is 13.2 Å². The number of nitrogens with zero attached hydrogens (tertiary/aromatic N) is 4. The molecule has 0 fully saturated rings. The molecule has 0 saturated carbocycles. The normalized spacial score (nSPS) is 11.9. The van der Waals surface area contributed by atoms with Crippen LogP contribution >= 0.6 is 15.9 Å². The monoisotopic (exact) mass is 446 g/mol. The van der Waals surface area contributed by atoms with E-state index < -0.39 is 11.9 Å². The lowest BCUT2D eigenvalue weighted by atomic mass is 10.1. The van der Waals surface area contributed by atoms with Gasteiger partial charge < -0.3 is 0 Å². The molecule has 28 heavy (non-hydrogen) atoms. The number of fused-ring (bicyclic) bond motifs is 1. The van der Waals surface area contributed by atoms with E-state index in [9.17, 15) is 13.2 Å². The van der Waals surface area contributed by atoms with Gasteiger partial charge in [-0.1, -0.05) is 28.1 Å². The number of benzene rings is 1. The van der Waals surface area contributed by atoms with Crippen LogP contribution in [0.5, 0.6) is 0 Å². The molecule has 0 aliphatic rings. The van der Waals surface area contributed by atoms with Crippen molar-refractivity contribution in [3.63, 3.8) is 0 Å². The molecular weight excluding hydrogens is 433 g/mol. The summed E-state index contributed by atoms with van der Waals surface area (Å²) in [5.74, 6) is 0. The van der Waals surface area contributed by atoms with Crippen LogP contribution in [0.3, 0.4) is 0 Å². The number of aryl methyl sites for hydroxylation is 2. The first-order valence-corrected chi connectivity index (χ1v) is 9.19. The third kappa shape index (κ3) is 3.40. The summed E-state index contributed by atoms with van der Waals surface area (Å²) < 4.78 is 42.8. The van der Waals surface area contributed by atoms with Gasteiger partial charge in [-0.2, -0.15) is 18.3 Å². The number of pyridine rings is 1. The van der Waals surface area contributed by atoms with E-state index in [1.807, 2.05) is 26.0 Å². The molecule has 0 atom stereocenters. The van der Waals surface area contributed by atoms with Crippen LogP contribution in [0.15, 0.2) is 53.1 Å². The van der Waals surface area contributed by atoms with Crippen LogP contribution in [-0.2, 0) is 6.18 Å². The van der Waals surface area contributed by atoms with Crippen molar-refractivity contribution in [2.45, 2.75) is 20.0 Å². The Morgan fingerprint density at radius 2 is 1.54 bits per heavy atom. The van der Waals surface area contributed by atoms with Gasteiger partial charge in [-0.3, -0.25) is 4.98 Å². The van der Waals surface area contributed by atoms with Gasteiger partial charge in [-0.25, -0.2) is 9.50 Å². The molecule has 8 heteroatoms. The van der Waals surface area contributed by atoms with Crippen molar-refractivity contribution in [2.75, 3.05) is 0 Å². The van der Waals surface area contributed by atoms with Crippen LogP contribution in [0.1, 0.15) is 17.1 Å². The van der Waals surface area contributed by atoms with Crippen LogP contribution in [0, 0.1) is 13.8 Å². The van der Waals surface area contributed by atoms with Crippen molar-refractivity contribution in [2.24, 2.45) is 0 Å². The molecule has 0 bridgehead atoms. The molecule has 0 amide bonds.